The summed E-state index contributed by atoms with van der Waals surface area (Å²) in [5.74, 6) is 0. The fraction of sp³-hybridized carbons (Fsp3) is 1.00. The highest BCUT2D eigenvalue weighted by molar-refractivity contribution is 7.90. The summed E-state index contributed by atoms with van der Waals surface area (Å²) in [6.07, 6.45) is 1.68. The van der Waals surface area contributed by atoms with Gasteiger partial charge in [-0.05, 0) is 26.2 Å². The van der Waals surface area contributed by atoms with Crippen LogP contribution in [0.1, 0.15) is 26.2 Å². The van der Waals surface area contributed by atoms with Gasteiger partial charge in [0.05, 0.1) is 11.4 Å². The molecule has 1 saturated heterocycles. The zero-order chi connectivity index (χ0) is 9.64. The second-order valence-electron chi connectivity index (χ2n) is 3.95. The van der Waals surface area contributed by atoms with Gasteiger partial charge in [-0.2, -0.15) is 4.31 Å². The van der Waals surface area contributed by atoms with Gasteiger partial charge >= 0.3 is 0 Å². The van der Waals surface area contributed by atoms with Crippen LogP contribution in [0.15, 0.2) is 0 Å². The van der Waals surface area contributed by atoms with E-state index in [2.05, 4.69) is 0 Å². The van der Waals surface area contributed by atoms with Crippen molar-refractivity contribution in [3.63, 3.8) is 0 Å². The van der Waals surface area contributed by atoms with Crippen molar-refractivity contribution in [1.29, 1.82) is 0 Å². The van der Waals surface area contributed by atoms with Gasteiger partial charge in [-0.1, -0.05) is 0 Å². The second-order valence-corrected chi connectivity index (χ2v) is 6.12. The molecule has 1 aliphatic carbocycles. The molecule has 0 aromatic rings. The van der Waals surface area contributed by atoms with Crippen LogP contribution in [0.25, 0.3) is 0 Å². The smallest absolute Gasteiger partial charge is 0.217 e. The molecule has 0 spiro atoms. The Balaban J connectivity index is 2.17. The van der Waals surface area contributed by atoms with E-state index in [9.17, 15) is 13.5 Å². The van der Waals surface area contributed by atoms with E-state index in [1.807, 2.05) is 0 Å². The molecule has 0 aromatic carbocycles. The van der Waals surface area contributed by atoms with Crippen molar-refractivity contribution in [1.82, 2.24) is 4.31 Å². The maximum atomic E-state index is 11.8. The van der Waals surface area contributed by atoms with Gasteiger partial charge in [0.15, 0.2) is 0 Å². The van der Waals surface area contributed by atoms with E-state index < -0.39 is 16.1 Å². The summed E-state index contributed by atoms with van der Waals surface area (Å²) in [5.41, 5.74) is 0. The minimum absolute atomic E-state index is 0.153. The molecule has 76 valence electrons. The lowest BCUT2D eigenvalue weighted by atomic mass is 10.2. The Morgan fingerprint density at radius 2 is 1.92 bits per heavy atom. The highest BCUT2D eigenvalue weighted by Crippen LogP contribution is 2.34. The molecule has 1 aliphatic heterocycles. The Hall–Kier alpha value is -0.130. The molecule has 5 heteroatoms. The molecule has 1 saturated carbocycles. The largest absolute Gasteiger partial charge is 0.391 e. The van der Waals surface area contributed by atoms with Crippen molar-refractivity contribution >= 4 is 10.0 Å². The van der Waals surface area contributed by atoms with Crippen LogP contribution >= 0.6 is 0 Å². The fourth-order valence-corrected chi connectivity index (χ4v) is 3.89. The molecule has 0 bridgehead atoms. The molecule has 2 rings (SSSR count). The number of aliphatic hydroxyl groups is 1. The van der Waals surface area contributed by atoms with E-state index in [1.54, 1.807) is 6.92 Å². The lowest BCUT2D eigenvalue weighted by molar-refractivity contribution is 0.150. The van der Waals surface area contributed by atoms with Gasteiger partial charge in [-0.25, -0.2) is 8.42 Å². The van der Waals surface area contributed by atoms with Crippen LogP contribution in [0.2, 0.25) is 0 Å². The van der Waals surface area contributed by atoms with E-state index in [4.69, 9.17) is 0 Å². The van der Waals surface area contributed by atoms with Crippen molar-refractivity contribution in [3.8, 4) is 0 Å². The van der Waals surface area contributed by atoms with Gasteiger partial charge < -0.3 is 5.11 Å². The van der Waals surface area contributed by atoms with E-state index in [0.717, 1.165) is 12.8 Å². The Labute approximate surface area is 78.6 Å². The molecule has 0 unspecified atom stereocenters. The SMILES string of the molecule is C[C@H]1[C@H](O)CCN1S(=O)(=O)C1CC1. The van der Waals surface area contributed by atoms with Gasteiger partial charge in [-0.3, -0.25) is 0 Å². The number of sulfonamides is 1. The van der Waals surface area contributed by atoms with E-state index in [0.29, 0.717) is 13.0 Å². The van der Waals surface area contributed by atoms with Crippen LogP contribution in [-0.2, 0) is 10.0 Å². The fourth-order valence-electron chi connectivity index (χ4n) is 1.81. The van der Waals surface area contributed by atoms with Crippen LogP contribution in [0, 0.1) is 0 Å². The predicted octanol–water partition coefficient (Wildman–Crippen LogP) is -0.0663. The quantitative estimate of drug-likeness (QED) is 0.686. The molecule has 2 fully saturated rings. The summed E-state index contributed by atoms with van der Waals surface area (Å²) in [6, 6.07) is -0.231. The maximum Gasteiger partial charge on any atom is 0.217 e. The highest BCUT2D eigenvalue weighted by Gasteiger charge is 2.45. The van der Waals surface area contributed by atoms with Crippen LogP contribution < -0.4 is 0 Å². The Bertz CT molecular complexity index is 297. The Morgan fingerprint density at radius 1 is 1.31 bits per heavy atom. The zero-order valence-electron chi connectivity index (χ0n) is 7.68. The van der Waals surface area contributed by atoms with Crippen molar-refractivity contribution in [3.05, 3.63) is 0 Å². The number of nitrogens with zero attached hydrogens (tertiary/aromatic N) is 1. The molecular formula is C8H15NO3S. The molecule has 4 nitrogen and oxygen atoms in total. The lowest BCUT2D eigenvalue weighted by Crippen LogP contribution is -2.39. The first-order chi connectivity index (χ1) is 6.03. The van der Waals surface area contributed by atoms with Gasteiger partial charge in [0, 0.05) is 12.6 Å². The first kappa shape index (κ1) is 9.43. The minimum Gasteiger partial charge on any atom is -0.391 e. The van der Waals surface area contributed by atoms with E-state index in [1.165, 1.54) is 4.31 Å². The topological polar surface area (TPSA) is 57.6 Å². The number of aliphatic hydroxyl groups excluding tert-OH is 1. The molecule has 1 heterocycles. The molecule has 0 aromatic heterocycles. The zero-order valence-corrected chi connectivity index (χ0v) is 8.50. The molecule has 2 aliphatic rings. The van der Waals surface area contributed by atoms with Crippen molar-refractivity contribution in [2.24, 2.45) is 0 Å². The van der Waals surface area contributed by atoms with Crippen LogP contribution in [0.4, 0.5) is 0 Å². The third-order valence-corrected chi connectivity index (χ3v) is 5.41. The average molecular weight is 205 g/mol. The first-order valence-electron chi connectivity index (χ1n) is 4.72. The number of hydrogen-bond donors (Lipinski definition) is 1. The van der Waals surface area contributed by atoms with Gasteiger partial charge in [0.2, 0.25) is 10.0 Å². The summed E-state index contributed by atoms with van der Waals surface area (Å²) in [4.78, 5) is 0. The standard InChI is InChI=1S/C8H15NO3S/c1-6-8(10)4-5-9(6)13(11,12)7-2-3-7/h6-8,10H,2-5H2,1H3/t6-,8+/m0/s1. The van der Waals surface area contributed by atoms with Crippen molar-refractivity contribution in [2.45, 2.75) is 43.6 Å². The first-order valence-corrected chi connectivity index (χ1v) is 6.22. The summed E-state index contributed by atoms with van der Waals surface area (Å²) >= 11 is 0. The number of rotatable bonds is 2. The van der Waals surface area contributed by atoms with Crippen LogP contribution in [0.5, 0.6) is 0 Å². The van der Waals surface area contributed by atoms with Gasteiger partial charge in [-0.15, -0.1) is 0 Å². The third kappa shape index (κ3) is 1.49. The van der Waals surface area contributed by atoms with E-state index >= 15 is 0 Å². The van der Waals surface area contributed by atoms with Gasteiger partial charge in [0.25, 0.3) is 0 Å². The van der Waals surface area contributed by atoms with Crippen molar-refractivity contribution in [2.75, 3.05) is 6.54 Å². The molecule has 13 heavy (non-hydrogen) atoms. The average Bonchev–Trinajstić information content (AvgIpc) is 2.82. The summed E-state index contributed by atoms with van der Waals surface area (Å²) in [5, 5.41) is 9.27. The normalized spacial score (nSPS) is 36.8. The Kier molecular flexibility index (Phi) is 2.13. The number of hydrogen-bond acceptors (Lipinski definition) is 3. The van der Waals surface area contributed by atoms with E-state index in [-0.39, 0.29) is 11.3 Å². The monoisotopic (exact) mass is 205 g/mol. The third-order valence-electron chi connectivity index (χ3n) is 2.93. The Morgan fingerprint density at radius 3 is 2.31 bits per heavy atom. The maximum absolute atomic E-state index is 11.8. The second kappa shape index (κ2) is 2.93. The highest BCUT2D eigenvalue weighted by atomic mass is 32.2. The molecule has 1 N–H and O–H groups in total. The summed E-state index contributed by atoms with van der Waals surface area (Å²) < 4.78 is 25.0. The van der Waals surface area contributed by atoms with Gasteiger partial charge in [0.1, 0.15) is 0 Å². The predicted molar refractivity (Wildman–Crippen MR) is 48.7 cm³/mol. The lowest BCUT2D eigenvalue weighted by Gasteiger charge is -2.21. The summed E-state index contributed by atoms with van der Waals surface area (Å²) in [7, 11) is -3.07. The minimum atomic E-state index is -3.07. The molecule has 2 atom stereocenters. The summed E-state index contributed by atoms with van der Waals surface area (Å²) in [6.45, 7) is 2.26. The molecular weight excluding hydrogens is 190 g/mol. The molecule has 0 radical (unpaired) electrons. The van der Waals surface area contributed by atoms with Crippen LogP contribution in [-0.4, -0.2) is 41.8 Å². The van der Waals surface area contributed by atoms with Crippen molar-refractivity contribution < 1.29 is 13.5 Å². The molecule has 0 amide bonds. The van der Waals surface area contributed by atoms with Crippen LogP contribution in [0.3, 0.4) is 0 Å².